The number of thiophene rings is 1. The number of amides is 4. The van der Waals surface area contributed by atoms with Gasteiger partial charge in [-0.25, -0.2) is 4.79 Å². The summed E-state index contributed by atoms with van der Waals surface area (Å²) in [5, 5.41) is 1.94. The number of imide groups is 2. The van der Waals surface area contributed by atoms with Crippen LogP contribution in [0.2, 0.25) is 0 Å². The highest BCUT2D eigenvalue weighted by molar-refractivity contribution is 9.10. The Bertz CT molecular complexity index is 743. The molecule has 0 atom stereocenters. The van der Waals surface area contributed by atoms with E-state index in [0.29, 0.717) is 6.42 Å². The van der Waals surface area contributed by atoms with Crippen LogP contribution in [0.3, 0.4) is 0 Å². The van der Waals surface area contributed by atoms with Crippen LogP contribution in [0.4, 0.5) is 4.79 Å². The molecule has 1 aliphatic heterocycles. The minimum Gasteiger partial charge on any atom is -0.263 e. The van der Waals surface area contributed by atoms with E-state index in [4.69, 9.17) is 0 Å². The van der Waals surface area contributed by atoms with E-state index >= 15 is 0 Å². The number of carbonyl (C=O) groups is 3. The molecule has 4 amide bonds. The largest absolute Gasteiger partial charge is 0.334 e. The summed E-state index contributed by atoms with van der Waals surface area (Å²) in [4.78, 5) is 39.6. The van der Waals surface area contributed by atoms with E-state index < -0.39 is 17.8 Å². The van der Waals surface area contributed by atoms with Crippen molar-refractivity contribution < 1.29 is 14.4 Å². The summed E-state index contributed by atoms with van der Waals surface area (Å²) in [6.45, 7) is 0.326. The van der Waals surface area contributed by atoms with E-state index in [2.05, 4.69) is 15.9 Å². The lowest BCUT2D eigenvalue weighted by molar-refractivity contribution is -0.143. The maximum atomic E-state index is 12.4. The zero-order valence-electron chi connectivity index (χ0n) is 12.1. The number of halogens is 1. The van der Waals surface area contributed by atoms with Crippen LogP contribution in [-0.2, 0) is 22.6 Å². The van der Waals surface area contributed by atoms with Crippen LogP contribution in [0.5, 0.6) is 0 Å². The average Bonchev–Trinajstić information content (AvgIpc) is 3.12. The standard InChI is InChI=1S/C16H13BrN2O3S/c17-12-5-3-11(4-6-12)10-19-15(21)14(20)18(16(19)22)8-7-13-2-1-9-23-13/h1-6,9H,7-8,10H2. The minimum atomic E-state index is -0.760. The average molecular weight is 393 g/mol. The fourth-order valence-electron chi connectivity index (χ4n) is 2.34. The number of carbonyl (C=O) groups excluding carboxylic acids is 3. The zero-order chi connectivity index (χ0) is 16.4. The summed E-state index contributed by atoms with van der Waals surface area (Å²) in [5.74, 6) is -1.51. The third-order valence-corrected chi connectivity index (χ3v) is 5.02. The second kappa shape index (κ2) is 6.64. The van der Waals surface area contributed by atoms with E-state index in [-0.39, 0.29) is 13.1 Å². The summed E-state index contributed by atoms with van der Waals surface area (Å²) < 4.78 is 0.911. The first-order valence-corrected chi connectivity index (χ1v) is 8.67. The van der Waals surface area contributed by atoms with Crippen LogP contribution in [0.1, 0.15) is 10.4 Å². The van der Waals surface area contributed by atoms with Crippen LogP contribution in [-0.4, -0.2) is 34.2 Å². The summed E-state index contributed by atoms with van der Waals surface area (Å²) in [6, 6.07) is 10.6. The first-order chi connectivity index (χ1) is 11.1. The third kappa shape index (κ3) is 3.35. The number of hydrogen-bond donors (Lipinski definition) is 0. The molecule has 3 rings (SSSR count). The highest BCUT2D eigenvalue weighted by Gasteiger charge is 2.43. The molecule has 23 heavy (non-hydrogen) atoms. The molecule has 0 N–H and O–H groups in total. The van der Waals surface area contributed by atoms with Gasteiger partial charge in [0.2, 0.25) is 0 Å². The lowest BCUT2D eigenvalue weighted by Gasteiger charge is -2.15. The van der Waals surface area contributed by atoms with Crippen LogP contribution >= 0.6 is 27.3 Å². The van der Waals surface area contributed by atoms with Crippen LogP contribution in [0, 0.1) is 0 Å². The monoisotopic (exact) mass is 392 g/mol. The van der Waals surface area contributed by atoms with Gasteiger partial charge in [0.15, 0.2) is 0 Å². The Balaban J connectivity index is 1.70. The quantitative estimate of drug-likeness (QED) is 0.580. The molecule has 2 heterocycles. The second-order valence-corrected chi connectivity index (χ2v) is 7.03. The Kier molecular flexibility index (Phi) is 4.58. The van der Waals surface area contributed by atoms with Gasteiger partial charge in [0.05, 0.1) is 6.54 Å². The molecular formula is C16H13BrN2O3S. The summed E-state index contributed by atoms with van der Waals surface area (Å²) in [7, 11) is 0. The fraction of sp³-hybridized carbons (Fsp3) is 0.188. The predicted molar refractivity (Wildman–Crippen MR) is 89.8 cm³/mol. The number of hydrogen-bond acceptors (Lipinski definition) is 4. The number of rotatable bonds is 5. The van der Waals surface area contributed by atoms with E-state index in [1.165, 1.54) is 0 Å². The van der Waals surface area contributed by atoms with E-state index in [9.17, 15) is 14.4 Å². The fourth-order valence-corrected chi connectivity index (χ4v) is 3.30. The first kappa shape index (κ1) is 15.9. The molecule has 1 aromatic carbocycles. The van der Waals surface area contributed by atoms with E-state index in [0.717, 1.165) is 24.7 Å². The molecule has 0 unspecified atom stereocenters. The van der Waals surface area contributed by atoms with Crippen molar-refractivity contribution >= 4 is 45.1 Å². The maximum absolute atomic E-state index is 12.4. The summed E-state index contributed by atoms with van der Waals surface area (Å²) in [6.07, 6.45) is 0.564. The van der Waals surface area contributed by atoms with Gasteiger partial charge in [-0.05, 0) is 29.1 Å². The van der Waals surface area contributed by atoms with Crippen LogP contribution in [0.25, 0.3) is 0 Å². The second-order valence-electron chi connectivity index (χ2n) is 5.09. The van der Waals surface area contributed by atoms with Gasteiger partial charge in [0, 0.05) is 22.3 Å². The molecule has 1 aliphatic rings. The Morgan fingerprint density at radius 3 is 2.30 bits per heavy atom. The smallest absolute Gasteiger partial charge is 0.263 e. The third-order valence-electron chi connectivity index (χ3n) is 3.55. The van der Waals surface area contributed by atoms with Gasteiger partial charge in [-0.2, -0.15) is 0 Å². The van der Waals surface area contributed by atoms with Gasteiger partial charge in [0.1, 0.15) is 0 Å². The molecule has 0 aliphatic carbocycles. The van der Waals surface area contributed by atoms with Crippen molar-refractivity contribution in [2.75, 3.05) is 6.54 Å². The van der Waals surface area contributed by atoms with Crippen molar-refractivity contribution in [1.82, 2.24) is 9.80 Å². The van der Waals surface area contributed by atoms with Gasteiger partial charge in [-0.15, -0.1) is 11.3 Å². The van der Waals surface area contributed by atoms with Gasteiger partial charge in [-0.1, -0.05) is 34.1 Å². The van der Waals surface area contributed by atoms with E-state index in [1.807, 2.05) is 41.8 Å². The van der Waals surface area contributed by atoms with Crippen molar-refractivity contribution in [1.29, 1.82) is 0 Å². The SMILES string of the molecule is O=C1C(=O)N(Cc2ccc(Br)cc2)C(=O)N1CCc1cccs1. The summed E-state index contributed by atoms with van der Waals surface area (Å²) in [5.41, 5.74) is 0.794. The Morgan fingerprint density at radius 2 is 1.65 bits per heavy atom. The molecule has 0 radical (unpaired) electrons. The maximum Gasteiger partial charge on any atom is 0.334 e. The molecule has 1 saturated heterocycles. The number of benzene rings is 1. The van der Waals surface area contributed by atoms with Gasteiger partial charge in [-0.3, -0.25) is 19.4 Å². The van der Waals surface area contributed by atoms with Crippen LogP contribution < -0.4 is 0 Å². The molecule has 1 fully saturated rings. The van der Waals surface area contributed by atoms with E-state index in [1.54, 1.807) is 11.3 Å². The topological polar surface area (TPSA) is 57.7 Å². The Labute approximate surface area is 145 Å². The van der Waals surface area contributed by atoms with Crippen molar-refractivity contribution in [3.8, 4) is 0 Å². The lowest BCUT2D eigenvalue weighted by atomic mass is 10.2. The molecule has 2 aromatic rings. The highest BCUT2D eigenvalue weighted by Crippen LogP contribution is 2.19. The predicted octanol–water partition coefficient (Wildman–Crippen LogP) is 3.04. The van der Waals surface area contributed by atoms with Crippen LogP contribution in [0.15, 0.2) is 46.3 Å². The number of urea groups is 1. The van der Waals surface area contributed by atoms with Gasteiger partial charge in [0.25, 0.3) is 0 Å². The van der Waals surface area contributed by atoms with Crippen molar-refractivity contribution in [3.05, 3.63) is 56.7 Å². The van der Waals surface area contributed by atoms with Crippen molar-refractivity contribution in [2.45, 2.75) is 13.0 Å². The van der Waals surface area contributed by atoms with Gasteiger partial charge >= 0.3 is 17.8 Å². The molecule has 1 aromatic heterocycles. The normalized spacial score (nSPS) is 14.9. The number of nitrogens with zero attached hydrogens (tertiary/aromatic N) is 2. The molecule has 0 bridgehead atoms. The highest BCUT2D eigenvalue weighted by atomic mass is 79.9. The van der Waals surface area contributed by atoms with Crippen molar-refractivity contribution in [2.24, 2.45) is 0 Å². The Hall–Kier alpha value is -1.99. The zero-order valence-corrected chi connectivity index (χ0v) is 14.5. The molecular weight excluding hydrogens is 380 g/mol. The molecule has 5 nitrogen and oxygen atoms in total. The van der Waals surface area contributed by atoms with Crippen molar-refractivity contribution in [3.63, 3.8) is 0 Å². The molecule has 7 heteroatoms. The molecule has 0 spiro atoms. The molecule has 118 valence electrons. The Morgan fingerprint density at radius 1 is 0.957 bits per heavy atom. The molecule has 0 saturated carbocycles. The minimum absolute atomic E-state index is 0.103. The summed E-state index contributed by atoms with van der Waals surface area (Å²) >= 11 is 4.89. The van der Waals surface area contributed by atoms with Gasteiger partial charge < -0.3 is 0 Å². The lowest BCUT2D eigenvalue weighted by Crippen LogP contribution is -2.34. The first-order valence-electron chi connectivity index (χ1n) is 7.00.